The standard InChI is InChI=1S/C9H13NOSe/c1-9(2,3)8(11)10-7-5-4-6-12-7/h4-6H,1-3H3,(H,10,11). The van der Waals surface area contributed by atoms with Gasteiger partial charge in [0.15, 0.2) is 0 Å². The maximum atomic E-state index is 11.5. The molecule has 0 radical (unpaired) electrons. The molecule has 0 aliphatic rings. The number of anilines is 1. The molecule has 0 saturated heterocycles. The van der Waals surface area contributed by atoms with Crippen molar-refractivity contribution in [3.05, 3.63) is 17.1 Å². The first-order valence-electron chi connectivity index (χ1n) is 3.85. The Morgan fingerprint density at radius 1 is 1.50 bits per heavy atom. The molecule has 0 spiro atoms. The predicted molar refractivity (Wildman–Crippen MR) is 51.5 cm³/mol. The second kappa shape index (κ2) is 3.46. The molecule has 2 nitrogen and oxygen atoms in total. The molecular weight excluding hydrogens is 217 g/mol. The van der Waals surface area contributed by atoms with Gasteiger partial charge in [-0.1, -0.05) is 0 Å². The van der Waals surface area contributed by atoms with E-state index in [1.54, 1.807) is 0 Å². The van der Waals surface area contributed by atoms with Crippen molar-refractivity contribution in [1.82, 2.24) is 0 Å². The molecule has 0 aliphatic heterocycles. The fraction of sp³-hybridized carbons (Fsp3) is 0.444. The van der Waals surface area contributed by atoms with Gasteiger partial charge in [0.05, 0.1) is 0 Å². The predicted octanol–water partition coefficient (Wildman–Crippen LogP) is 1.73. The number of hydrogen-bond donors (Lipinski definition) is 1. The van der Waals surface area contributed by atoms with Crippen molar-refractivity contribution in [2.24, 2.45) is 5.41 Å². The Morgan fingerprint density at radius 3 is 2.58 bits per heavy atom. The van der Waals surface area contributed by atoms with Crippen molar-refractivity contribution < 1.29 is 4.79 Å². The van der Waals surface area contributed by atoms with Crippen LogP contribution in [0.2, 0.25) is 0 Å². The van der Waals surface area contributed by atoms with Crippen LogP contribution in [0.5, 0.6) is 0 Å². The van der Waals surface area contributed by atoms with E-state index in [0.717, 1.165) is 4.56 Å². The molecule has 1 N–H and O–H groups in total. The molecule has 1 aromatic heterocycles. The van der Waals surface area contributed by atoms with E-state index in [2.05, 4.69) is 10.3 Å². The molecule has 0 aromatic carbocycles. The van der Waals surface area contributed by atoms with E-state index < -0.39 is 0 Å². The fourth-order valence-electron chi connectivity index (χ4n) is 0.649. The molecule has 0 saturated carbocycles. The first kappa shape index (κ1) is 9.56. The Morgan fingerprint density at radius 2 is 2.17 bits per heavy atom. The summed E-state index contributed by atoms with van der Waals surface area (Å²) in [7, 11) is 0. The van der Waals surface area contributed by atoms with Crippen LogP contribution in [0, 0.1) is 5.41 Å². The van der Waals surface area contributed by atoms with Crippen LogP contribution in [0.3, 0.4) is 0 Å². The molecule has 3 heteroatoms. The molecule has 0 aliphatic carbocycles. The Kier molecular flexibility index (Phi) is 2.76. The van der Waals surface area contributed by atoms with Crippen LogP contribution >= 0.6 is 0 Å². The van der Waals surface area contributed by atoms with Gasteiger partial charge in [0.1, 0.15) is 0 Å². The van der Waals surface area contributed by atoms with E-state index in [1.807, 2.05) is 32.9 Å². The summed E-state index contributed by atoms with van der Waals surface area (Å²) in [6.45, 7) is 5.74. The Hall–Kier alpha value is -0.531. The fourth-order valence-corrected chi connectivity index (χ4v) is 1.93. The average molecular weight is 230 g/mol. The first-order valence-corrected chi connectivity index (χ1v) is 5.69. The van der Waals surface area contributed by atoms with Crippen LogP contribution in [-0.2, 0) is 4.79 Å². The van der Waals surface area contributed by atoms with Crippen LogP contribution in [0.1, 0.15) is 20.8 Å². The summed E-state index contributed by atoms with van der Waals surface area (Å²) < 4.78 is 1.06. The van der Waals surface area contributed by atoms with Crippen molar-refractivity contribution in [3.8, 4) is 0 Å². The average Bonchev–Trinajstić information content (AvgIpc) is 2.37. The SMILES string of the molecule is CC(C)(C)C(=O)Nc1ccc[se]1. The van der Waals surface area contributed by atoms with Crippen molar-refractivity contribution >= 4 is 25.0 Å². The zero-order valence-corrected chi connectivity index (χ0v) is 9.26. The quantitative estimate of drug-likeness (QED) is 0.731. The number of hydrogen-bond acceptors (Lipinski definition) is 1. The van der Waals surface area contributed by atoms with Gasteiger partial charge < -0.3 is 0 Å². The molecule has 0 fully saturated rings. The molecule has 12 heavy (non-hydrogen) atoms. The summed E-state index contributed by atoms with van der Waals surface area (Å²) in [5.41, 5.74) is -0.292. The minimum absolute atomic E-state index is 0.0966. The van der Waals surface area contributed by atoms with Crippen LogP contribution in [0.15, 0.2) is 17.1 Å². The summed E-state index contributed by atoms with van der Waals surface area (Å²) in [5, 5.41) is 2.91. The Labute approximate surface area is 78.7 Å². The zero-order valence-electron chi connectivity index (χ0n) is 7.55. The van der Waals surface area contributed by atoms with Gasteiger partial charge in [0.2, 0.25) is 0 Å². The van der Waals surface area contributed by atoms with Crippen LogP contribution in [0.4, 0.5) is 4.56 Å². The van der Waals surface area contributed by atoms with E-state index in [4.69, 9.17) is 0 Å². The number of carbonyl (C=O) groups is 1. The molecule has 0 unspecified atom stereocenters. The van der Waals surface area contributed by atoms with Gasteiger partial charge in [0, 0.05) is 0 Å². The third-order valence-electron chi connectivity index (χ3n) is 1.44. The molecule has 1 amide bonds. The van der Waals surface area contributed by atoms with Gasteiger partial charge >= 0.3 is 78.3 Å². The van der Waals surface area contributed by atoms with Crippen molar-refractivity contribution in [3.63, 3.8) is 0 Å². The van der Waals surface area contributed by atoms with Crippen LogP contribution in [0.25, 0.3) is 0 Å². The van der Waals surface area contributed by atoms with Gasteiger partial charge in [-0.15, -0.1) is 0 Å². The summed E-state index contributed by atoms with van der Waals surface area (Å²) in [6, 6.07) is 3.95. The maximum absolute atomic E-state index is 11.5. The number of rotatable bonds is 1. The molecule has 1 rings (SSSR count). The summed E-state index contributed by atoms with van der Waals surface area (Å²) in [6.07, 6.45) is 0. The van der Waals surface area contributed by atoms with Gasteiger partial charge in [-0.05, 0) is 0 Å². The van der Waals surface area contributed by atoms with Crippen molar-refractivity contribution in [2.75, 3.05) is 5.32 Å². The number of carbonyl (C=O) groups excluding carboxylic acids is 1. The van der Waals surface area contributed by atoms with E-state index in [1.165, 1.54) is 0 Å². The van der Waals surface area contributed by atoms with Gasteiger partial charge in [-0.3, -0.25) is 0 Å². The molecule has 0 bridgehead atoms. The second-order valence-corrected chi connectivity index (χ2v) is 5.67. The monoisotopic (exact) mass is 231 g/mol. The Bertz CT molecular complexity index is 259. The van der Waals surface area contributed by atoms with E-state index in [9.17, 15) is 4.79 Å². The third-order valence-corrected chi connectivity index (χ3v) is 3.09. The van der Waals surface area contributed by atoms with Crippen LogP contribution in [-0.4, -0.2) is 20.4 Å². The van der Waals surface area contributed by atoms with E-state index in [0.29, 0.717) is 14.5 Å². The molecule has 0 atom stereocenters. The molecular formula is C9H13NOSe. The summed E-state index contributed by atoms with van der Waals surface area (Å²) in [5.74, 6) is 0.0966. The van der Waals surface area contributed by atoms with Gasteiger partial charge in [-0.2, -0.15) is 0 Å². The normalized spacial score (nSPS) is 11.2. The van der Waals surface area contributed by atoms with E-state index >= 15 is 0 Å². The van der Waals surface area contributed by atoms with Crippen molar-refractivity contribution in [1.29, 1.82) is 0 Å². The number of nitrogens with one attached hydrogen (secondary N) is 1. The molecule has 1 aromatic rings. The minimum atomic E-state index is -0.292. The molecule has 1 heterocycles. The molecule has 66 valence electrons. The van der Waals surface area contributed by atoms with Gasteiger partial charge in [-0.25, -0.2) is 0 Å². The summed E-state index contributed by atoms with van der Waals surface area (Å²) >= 11 is 0.334. The van der Waals surface area contributed by atoms with E-state index in [-0.39, 0.29) is 11.3 Å². The Balaban J connectivity index is 2.60. The first-order chi connectivity index (χ1) is 5.50. The summed E-state index contributed by atoms with van der Waals surface area (Å²) in [4.78, 5) is 13.5. The van der Waals surface area contributed by atoms with Crippen molar-refractivity contribution in [2.45, 2.75) is 20.8 Å². The zero-order chi connectivity index (χ0) is 9.19. The third kappa shape index (κ3) is 2.50. The van der Waals surface area contributed by atoms with Crippen LogP contribution < -0.4 is 5.32 Å². The number of amides is 1. The van der Waals surface area contributed by atoms with Gasteiger partial charge in [0.25, 0.3) is 0 Å². The second-order valence-electron chi connectivity index (χ2n) is 3.68. The topological polar surface area (TPSA) is 29.1 Å².